The molecule has 0 bridgehead atoms. The van der Waals surface area contributed by atoms with Crippen LogP contribution < -0.4 is 10.6 Å². The Morgan fingerprint density at radius 3 is 2.55 bits per heavy atom. The van der Waals surface area contributed by atoms with Crippen molar-refractivity contribution in [2.24, 2.45) is 0 Å². The van der Waals surface area contributed by atoms with Crippen LogP contribution in [0.25, 0.3) is 0 Å². The molecule has 0 saturated carbocycles. The van der Waals surface area contributed by atoms with Gasteiger partial charge in [0, 0.05) is 39.3 Å². The summed E-state index contributed by atoms with van der Waals surface area (Å²) in [6.45, 7) is 5.41. The number of carbonyl (C=O) groups is 2. The topological polar surface area (TPSA) is 73.9 Å². The molecule has 7 nitrogen and oxygen atoms in total. The molecule has 2 N–H and O–H groups in total. The van der Waals surface area contributed by atoms with Crippen molar-refractivity contribution in [1.82, 2.24) is 15.1 Å². The first-order chi connectivity index (χ1) is 14.7. The van der Waals surface area contributed by atoms with Crippen molar-refractivity contribution in [3.05, 3.63) is 29.8 Å². The lowest BCUT2D eigenvalue weighted by Gasteiger charge is -2.37. The average molecular weight is 442 g/mol. The molecule has 2 heterocycles. The Morgan fingerprint density at radius 2 is 1.90 bits per heavy atom. The van der Waals surface area contributed by atoms with Crippen LogP contribution >= 0.6 is 0 Å². The second kappa shape index (κ2) is 10.4. The van der Waals surface area contributed by atoms with Crippen molar-refractivity contribution in [2.75, 3.05) is 51.2 Å². The zero-order valence-corrected chi connectivity index (χ0v) is 17.6. The highest BCUT2D eigenvalue weighted by atomic mass is 19.4. The van der Waals surface area contributed by atoms with Gasteiger partial charge in [-0.05, 0) is 31.9 Å². The van der Waals surface area contributed by atoms with Gasteiger partial charge >= 0.3 is 6.18 Å². The van der Waals surface area contributed by atoms with E-state index in [9.17, 15) is 22.8 Å². The molecule has 2 aliphatic heterocycles. The normalized spacial score (nSPS) is 21.6. The van der Waals surface area contributed by atoms with E-state index in [1.54, 1.807) is 0 Å². The number of para-hydroxylation sites is 1. The molecule has 10 heteroatoms. The van der Waals surface area contributed by atoms with Gasteiger partial charge in [-0.2, -0.15) is 13.2 Å². The van der Waals surface area contributed by atoms with Crippen LogP contribution in [0, 0.1) is 0 Å². The molecule has 0 spiro atoms. The highest BCUT2D eigenvalue weighted by Crippen LogP contribution is 2.34. The predicted molar refractivity (Wildman–Crippen MR) is 110 cm³/mol. The molecule has 2 amide bonds. The molecule has 0 aromatic heterocycles. The molecule has 3 rings (SSSR count). The van der Waals surface area contributed by atoms with Gasteiger partial charge in [0.1, 0.15) is 0 Å². The van der Waals surface area contributed by atoms with Gasteiger partial charge in [0.25, 0.3) is 0 Å². The van der Waals surface area contributed by atoms with Crippen LogP contribution in [0.15, 0.2) is 24.3 Å². The number of hydrogen-bond donors (Lipinski definition) is 2. The average Bonchev–Trinajstić information content (AvgIpc) is 3.25. The van der Waals surface area contributed by atoms with Crippen LogP contribution in [0.1, 0.15) is 25.3 Å². The minimum absolute atomic E-state index is 0.000369. The number of hydrogen-bond acceptors (Lipinski definition) is 5. The van der Waals surface area contributed by atoms with Gasteiger partial charge in [-0.3, -0.25) is 19.4 Å². The Bertz CT molecular complexity index is 760. The molecule has 31 heavy (non-hydrogen) atoms. The Hall–Kier alpha value is -2.17. The van der Waals surface area contributed by atoms with Crippen LogP contribution in [0.2, 0.25) is 0 Å². The van der Waals surface area contributed by atoms with Crippen molar-refractivity contribution in [3.8, 4) is 0 Å². The summed E-state index contributed by atoms with van der Waals surface area (Å²) in [6.07, 6.45) is -2.46. The number of ether oxygens (including phenoxy) is 1. The number of halogens is 3. The number of carbonyl (C=O) groups excluding carboxylic acids is 2. The molecule has 2 saturated heterocycles. The van der Waals surface area contributed by atoms with Crippen molar-refractivity contribution < 1.29 is 27.5 Å². The van der Waals surface area contributed by atoms with Gasteiger partial charge < -0.3 is 15.4 Å². The number of nitrogens with one attached hydrogen (secondary N) is 2. The van der Waals surface area contributed by atoms with Crippen LogP contribution in [0.4, 0.5) is 18.9 Å². The van der Waals surface area contributed by atoms with Crippen molar-refractivity contribution >= 4 is 17.5 Å². The number of piperazine rings is 1. The lowest BCUT2D eigenvalue weighted by molar-refractivity contribution is -0.137. The Kier molecular flexibility index (Phi) is 7.90. The van der Waals surface area contributed by atoms with E-state index >= 15 is 0 Å². The summed E-state index contributed by atoms with van der Waals surface area (Å²) in [5.41, 5.74) is -1.11. The number of alkyl halides is 3. The lowest BCUT2D eigenvalue weighted by Crippen LogP contribution is -2.55. The van der Waals surface area contributed by atoms with Crippen LogP contribution in [0.3, 0.4) is 0 Å². The predicted octanol–water partition coefficient (Wildman–Crippen LogP) is 1.95. The third kappa shape index (κ3) is 6.65. The van der Waals surface area contributed by atoms with E-state index in [0.29, 0.717) is 32.7 Å². The van der Waals surface area contributed by atoms with Gasteiger partial charge in [0.15, 0.2) is 0 Å². The second-order valence-corrected chi connectivity index (χ2v) is 7.96. The molecular weight excluding hydrogens is 413 g/mol. The third-order valence-corrected chi connectivity index (χ3v) is 5.74. The van der Waals surface area contributed by atoms with Gasteiger partial charge in [-0.25, -0.2) is 0 Å². The van der Waals surface area contributed by atoms with Crippen molar-refractivity contribution in [1.29, 1.82) is 0 Å². The molecule has 2 aliphatic rings. The first-order valence-corrected chi connectivity index (χ1v) is 10.6. The summed E-state index contributed by atoms with van der Waals surface area (Å²) in [6, 6.07) is 4.64. The highest BCUT2D eigenvalue weighted by molar-refractivity contribution is 5.93. The summed E-state index contributed by atoms with van der Waals surface area (Å²) < 4.78 is 44.7. The SMILES string of the molecule is CC(C(=O)NCC1CCCO1)N1CCN(CC(=O)Nc2ccccc2C(F)(F)F)CC1. The molecular formula is C21H29F3N4O3. The minimum Gasteiger partial charge on any atom is -0.376 e. The zero-order valence-electron chi connectivity index (χ0n) is 17.6. The molecule has 172 valence electrons. The number of amides is 2. The maximum atomic E-state index is 13.1. The molecule has 1 aromatic rings. The fraction of sp³-hybridized carbons (Fsp3) is 0.619. The van der Waals surface area contributed by atoms with Crippen LogP contribution in [-0.2, 0) is 20.5 Å². The fourth-order valence-electron chi connectivity index (χ4n) is 3.87. The molecule has 2 atom stereocenters. The van der Waals surface area contributed by atoms with E-state index < -0.39 is 17.6 Å². The lowest BCUT2D eigenvalue weighted by atomic mass is 10.1. The maximum absolute atomic E-state index is 13.1. The smallest absolute Gasteiger partial charge is 0.376 e. The van der Waals surface area contributed by atoms with Gasteiger partial charge in [0.2, 0.25) is 11.8 Å². The number of benzene rings is 1. The summed E-state index contributed by atoms with van der Waals surface area (Å²) >= 11 is 0. The first-order valence-electron chi connectivity index (χ1n) is 10.6. The Labute approximate surface area is 179 Å². The van der Waals surface area contributed by atoms with E-state index in [1.165, 1.54) is 18.2 Å². The van der Waals surface area contributed by atoms with Gasteiger partial charge in [-0.15, -0.1) is 0 Å². The molecule has 2 fully saturated rings. The van der Waals surface area contributed by atoms with Crippen molar-refractivity contribution in [3.63, 3.8) is 0 Å². The van der Waals surface area contributed by atoms with Gasteiger partial charge in [0.05, 0.1) is 29.9 Å². The maximum Gasteiger partial charge on any atom is 0.418 e. The summed E-state index contributed by atoms with van der Waals surface area (Å²) in [4.78, 5) is 28.6. The van der Waals surface area contributed by atoms with E-state index in [1.807, 2.05) is 16.7 Å². The summed E-state index contributed by atoms with van der Waals surface area (Å²) in [5, 5.41) is 5.30. The highest BCUT2D eigenvalue weighted by Gasteiger charge is 2.34. The van der Waals surface area contributed by atoms with Crippen LogP contribution in [-0.4, -0.2) is 79.6 Å². The minimum atomic E-state index is -4.53. The van der Waals surface area contributed by atoms with E-state index in [2.05, 4.69) is 10.6 Å². The van der Waals surface area contributed by atoms with Crippen LogP contribution in [0.5, 0.6) is 0 Å². The monoisotopic (exact) mass is 442 g/mol. The molecule has 2 unspecified atom stereocenters. The summed E-state index contributed by atoms with van der Waals surface area (Å²) in [7, 11) is 0. The third-order valence-electron chi connectivity index (χ3n) is 5.74. The van der Waals surface area contributed by atoms with E-state index in [4.69, 9.17) is 4.74 Å². The Morgan fingerprint density at radius 1 is 1.19 bits per heavy atom. The summed E-state index contributed by atoms with van der Waals surface area (Å²) in [5.74, 6) is -0.544. The first kappa shape index (κ1) is 23.5. The standard InChI is InChI=1S/C21H29F3N4O3/c1-15(20(30)25-13-16-5-4-12-31-16)28-10-8-27(9-11-28)14-19(29)26-18-7-3-2-6-17(18)21(22,23)24/h2-3,6-7,15-16H,4-5,8-14H2,1H3,(H,25,30)(H,26,29). The Balaban J connectivity index is 1.42. The van der Waals surface area contributed by atoms with Crippen molar-refractivity contribution in [2.45, 2.75) is 38.1 Å². The number of anilines is 1. The quantitative estimate of drug-likeness (QED) is 0.675. The van der Waals surface area contributed by atoms with E-state index in [-0.39, 0.29) is 30.3 Å². The molecule has 0 aliphatic carbocycles. The largest absolute Gasteiger partial charge is 0.418 e. The molecule has 0 radical (unpaired) electrons. The number of rotatable bonds is 7. The van der Waals surface area contributed by atoms with E-state index in [0.717, 1.165) is 25.5 Å². The fourth-order valence-corrected chi connectivity index (χ4v) is 3.87. The second-order valence-electron chi connectivity index (χ2n) is 7.96. The van der Waals surface area contributed by atoms with Gasteiger partial charge in [-0.1, -0.05) is 12.1 Å². The zero-order chi connectivity index (χ0) is 22.4. The molecule has 1 aromatic carbocycles. The number of nitrogens with zero attached hydrogens (tertiary/aromatic N) is 2.